The van der Waals surface area contributed by atoms with Crippen LogP contribution in [0, 0.1) is 5.92 Å². The van der Waals surface area contributed by atoms with Crippen molar-refractivity contribution in [3.63, 3.8) is 0 Å². The average molecular weight is 323 g/mol. The van der Waals surface area contributed by atoms with Crippen molar-refractivity contribution < 1.29 is 9.53 Å². The molecule has 1 aliphatic heterocycles. The first-order valence-corrected chi connectivity index (χ1v) is 8.60. The van der Waals surface area contributed by atoms with Gasteiger partial charge >= 0.3 is 0 Å². The minimum atomic E-state index is 0.0189. The Morgan fingerprint density at radius 1 is 1.41 bits per heavy atom. The predicted molar refractivity (Wildman–Crippen MR) is 86.1 cm³/mol. The maximum absolute atomic E-state index is 12.7. The number of carbonyl (C=O) groups is 1. The van der Waals surface area contributed by atoms with Crippen molar-refractivity contribution in [2.24, 2.45) is 5.92 Å². The van der Waals surface area contributed by atoms with Gasteiger partial charge in [-0.15, -0.1) is 0 Å². The van der Waals surface area contributed by atoms with Crippen LogP contribution in [0.1, 0.15) is 49.4 Å². The Labute approximate surface area is 136 Å². The number of pyridine rings is 1. The zero-order valence-electron chi connectivity index (χ0n) is 13.0. The van der Waals surface area contributed by atoms with E-state index in [-0.39, 0.29) is 18.1 Å². The van der Waals surface area contributed by atoms with Gasteiger partial charge in [-0.05, 0) is 31.2 Å². The number of hydrogen-bond donors (Lipinski definition) is 0. The Morgan fingerprint density at radius 2 is 2.23 bits per heavy atom. The molecule has 1 saturated heterocycles. The summed E-state index contributed by atoms with van der Waals surface area (Å²) in [7, 11) is 0. The van der Waals surface area contributed by atoms with Crippen LogP contribution in [0.15, 0.2) is 18.5 Å². The summed E-state index contributed by atoms with van der Waals surface area (Å²) in [5, 5.41) is 0.500. The van der Waals surface area contributed by atoms with Crippen LogP contribution >= 0.6 is 11.6 Å². The minimum Gasteiger partial charge on any atom is -0.371 e. The Balaban J connectivity index is 1.71. The number of hydrogen-bond acceptors (Lipinski definition) is 3. The Morgan fingerprint density at radius 3 is 2.91 bits per heavy atom. The van der Waals surface area contributed by atoms with Crippen LogP contribution in [0.2, 0.25) is 5.02 Å². The van der Waals surface area contributed by atoms with Crippen LogP contribution in [0.3, 0.4) is 0 Å². The molecule has 2 heterocycles. The Kier molecular flexibility index (Phi) is 4.99. The molecule has 0 spiro atoms. The molecule has 0 unspecified atom stereocenters. The van der Waals surface area contributed by atoms with Crippen molar-refractivity contribution in [2.75, 3.05) is 13.1 Å². The van der Waals surface area contributed by atoms with E-state index in [0.29, 0.717) is 29.6 Å². The van der Waals surface area contributed by atoms with Gasteiger partial charge in [0.1, 0.15) is 0 Å². The molecule has 4 nitrogen and oxygen atoms in total. The molecule has 1 aromatic rings. The van der Waals surface area contributed by atoms with E-state index in [9.17, 15) is 4.79 Å². The molecular formula is C17H23ClN2O2. The molecule has 2 fully saturated rings. The topological polar surface area (TPSA) is 42.4 Å². The molecule has 0 N–H and O–H groups in total. The second-order valence-electron chi connectivity index (χ2n) is 6.38. The van der Waals surface area contributed by atoms with E-state index >= 15 is 0 Å². The van der Waals surface area contributed by atoms with Gasteiger partial charge in [0.05, 0.1) is 22.8 Å². The lowest BCUT2D eigenvalue weighted by atomic mass is 10.1. The molecule has 0 bridgehead atoms. The lowest BCUT2D eigenvalue weighted by Crippen LogP contribution is -2.50. The number of amides is 1. The molecule has 2 atom stereocenters. The summed E-state index contributed by atoms with van der Waals surface area (Å²) < 4.78 is 6.22. The lowest BCUT2D eigenvalue weighted by Gasteiger charge is -2.38. The van der Waals surface area contributed by atoms with Crippen molar-refractivity contribution in [1.82, 2.24) is 9.88 Å². The van der Waals surface area contributed by atoms with Gasteiger partial charge in [0.25, 0.3) is 5.91 Å². The molecule has 1 aliphatic carbocycles. The van der Waals surface area contributed by atoms with Crippen molar-refractivity contribution in [1.29, 1.82) is 0 Å². The third kappa shape index (κ3) is 3.79. The van der Waals surface area contributed by atoms with Crippen molar-refractivity contribution in [3.8, 4) is 0 Å². The molecule has 5 heteroatoms. The number of ether oxygens (including phenoxy) is 1. The number of aromatic nitrogens is 1. The van der Waals surface area contributed by atoms with Gasteiger partial charge in [-0.1, -0.05) is 31.4 Å². The molecule has 22 heavy (non-hydrogen) atoms. The summed E-state index contributed by atoms with van der Waals surface area (Å²) >= 11 is 5.96. The fraction of sp³-hybridized carbons (Fsp3) is 0.647. The first-order valence-electron chi connectivity index (χ1n) is 8.22. The fourth-order valence-electron chi connectivity index (χ4n) is 3.07. The zero-order valence-corrected chi connectivity index (χ0v) is 13.8. The van der Waals surface area contributed by atoms with Gasteiger partial charge in [-0.2, -0.15) is 0 Å². The highest BCUT2D eigenvalue weighted by molar-refractivity contribution is 6.30. The molecule has 3 rings (SSSR count). The van der Waals surface area contributed by atoms with Crippen molar-refractivity contribution >= 4 is 17.5 Å². The largest absolute Gasteiger partial charge is 0.371 e. The minimum absolute atomic E-state index is 0.0189. The third-order valence-electron chi connectivity index (χ3n) is 4.46. The number of halogens is 1. The highest BCUT2D eigenvalue weighted by atomic mass is 35.5. The molecule has 1 amide bonds. The summed E-state index contributed by atoms with van der Waals surface area (Å²) in [5.41, 5.74) is 0.568. The van der Waals surface area contributed by atoms with Gasteiger partial charge in [0.2, 0.25) is 0 Å². The van der Waals surface area contributed by atoms with Crippen LogP contribution in [-0.2, 0) is 4.74 Å². The van der Waals surface area contributed by atoms with Gasteiger partial charge in [0, 0.05) is 25.5 Å². The summed E-state index contributed by atoms with van der Waals surface area (Å²) in [6, 6.07) is 1.69. The first-order chi connectivity index (χ1) is 10.7. The number of rotatable bonds is 5. The van der Waals surface area contributed by atoms with E-state index in [1.54, 1.807) is 18.5 Å². The van der Waals surface area contributed by atoms with Crippen molar-refractivity contribution in [2.45, 2.75) is 51.2 Å². The molecule has 0 aromatic carbocycles. The standard InChI is InChI=1S/C17H23ClN2O2/c1-2-3-4-15-10-20(11-16(22-15)12-5-6-12)17(21)13-7-14(18)9-19-8-13/h7-9,12,15-16H,2-6,10-11H2,1H3/t15-,16-/m1/s1. The Bertz CT molecular complexity index is 533. The van der Waals surface area contributed by atoms with Gasteiger partial charge in [0.15, 0.2) is 0 Å². The number of carbonyl (C=O) groups excluding carboxylic acids is 1. The van der Waals surface area contributed by atoms with E-state index in [2.05, 4.69) is 11.9 Å². The van der Waals surface area contributed by atoms with Crippen molar-refractivity contribution in [3.05, 3.63) is 29.0 Å². The van der Waals surface area contributed by atoms with E-state index in [0.717, 1.165) is 19.3 Å². The maximum atomic E-state index is 12.7. The van der Waals surface area contributed by atoms with Crippen LogP contribution in [0.4, 0.5) is 0 Å². The molecule has 0 radical (unpaired) electrons. The Hall–Kier alpha value is -1.13. The predicted octanol–water partition coefficient (Wildman–Crippen LogP) is 3.54. The number of nitrogens with zero attached hydrogens (tertiary/aromatic N) is 2. The second-order valence-corrected chi connectivity index (χ2v) is 6.81. The van der Waals surface area contributed by atoms with Gasteiger partial charge in [-0.25, -0.2) is 0 Å². The lowest BCUT2D eigenvalue weighted by molar-refractivity contribution is -0.0874. The van der Waals surface area contributed by atoms with E-state index in [1.165, 1.54) is 12.8 Å². The fourth-order valence-corrected chi connectivity index (χ4v) is 3.24. The summed E-state index contributed by atoms with van der Waals surface area (Å²) in [4.78, 5) is 18.7. The zero-order chi connectivity index (χ0) is 15.5. The van der Waals surface area contributed by atoms with Crippen LogP contribution < -0.4 is 0 Å². The van der Waals surface area contributed by atoms with Crippen LogP contribution in [-0.4, -0.2) is 41.1 Å². The molecular weight excluding hydrogens is 300 g/mol. The number of unbranched alkanes of at least 4 members (excludes halogenated alkanes) is 1. The molecule has 1 aromatic heterocycles. The van der Waals surface area contributed by atoms with E-state index in [1.807, 2.05) is 4.90 Å². The third-order valence-corrected chi connectivity index (χ3v) is 4.66. The molecule has 120 valence electrons. The SMILES string of the molecule is CCCC[C@@H]1CN(C(=O)c2cncc(Cl)c2)C[C@H](C2CC2)O1. The molecule has 2 aliphatic rings. The maximum Gasteiger partial charge on any atom is 0.255 e. The number of morpholine rings is 1. The second kappa shape index (κ2) is 6.97. The van der Waals surface area contributed by atoms with E-state index in [4.69, 9.17) is 16.3 Å². The first kappa shape index (κ1) is 15.8. The smallest absolute Gasteiger partial charge is 0.255 e. The average Bonchev–Trinajstić information content (AvgIpc) is 3.37. The summed E-state index contributed by atoms with van der Waals surface area (Å²) in [6.07, 6.45) is 9.28. The van der Waals surface area contributed by atoms with E-state index < -0.39 is 0 Å². The quantitative estimate of drug-likeness (QED) is 0.832. The van der Waals surface area contributed by atoms with Gasteiger partial charge < -0.3 is 9.64 Å². The van der Waals surface area contributed by atoms with Crippen LogP contribution in [0.25, 0.3) is 0 Å². The van der Waals surface area contributed by atoms with Crippen LogP contribution in [0.5, 0.6) is 0 Å². The summed E-state index contributed by atoms with van der Waals surface area (Å²) in [5.74, 6) is 0.655. The highest BCUT2D eigenvalue weighted by Crippen LogP contribution is 2.37. The molecule has 1 saturated carbocycles. The normalized spacial score (nSPS) is 25.3. The summed E-state index contributed by atoms with van der Waals surface area (Å²) in [6.45, 7) is 3.55. The highest BCUT2D eigenvalue weighted by Gasteiger charge is 2.39. The van der Waals surface area contributed by atoms with Gasteiger partial charge in [-0.3, -0.25) is 9.78 Å². The monoisotopic (exact) mass is 322 g/mol.